The van der Waals surface area contributed by atoms with Crippen LogP contribution in [0.5, 0.6) is 23.0 Å². The van der Waals surface area contributed by atoms with E-state index in [9.17, 15) is 14.7 Å². The number of nitrogens with zero attached hydrogens (tertiary/aromatic N) is 1. The van der Waals surface area contributed by atoms with E-state index in [2.05, 4.69) is 0 Å². The molecule has 2 aromatic carbocycles. The van der Waals surface area contributed by atoms with Gasteiger partial charge in [0.1, 0.15) is 17.6 Å². The summed E-state index contributed by atoms with van der Waals surface area (Å²) in [6, 6.07) is 12.4. The molecule has 5 rings (SSSR count). The molecule has 9 nitrogen and oxygen atoms in total. The molecule has 3 heterocycles. The number of rotatable bonds is 6. The Hall–Kier alpha value is -4.40. The molecule has 1 aromatic heterocycles. The first-order chi connectivity index (χ1) is 16.5. The van der Waals surface area contributed by atoms with Gasteiger partial charge in [0.15, 0.2) is 23.0 Å². The number of Topliss-reactive ketones (excluding diaryl/α,β-unsaturated/α-hetero) is 1. The van der Waals surface area contributed by atoms with Gasteiger partial charge in [-0.3, -0.25) is 9.59 Å². The second kappa shape index (κ2) is 8.51. The van der Waals surface area contributed by atoms with Crippen molar-refractivity contribution in [2.24, 2.45) is 0 Å². The maximum absolute atomic E-state index is 13.1. The fourth-order valence-electron chi connectivity index (χ4n) is 4.16. The van der Waals surface area contributed by atoms with E-state index in [1.54, 1.807) is 48.5 Å². The summed E-state index contributed by atoms with van der Waals surface area (Å²) in [6.45, 7) is 0.219. The minimum Gasteiger partial charge on any atom is -0.507 e. The summed E-state index contributed by atoms with van der Waals surface area (Å²) >= 11 is 0. The summed E-state index contributed by atoms with van der Waals surface area (Å²) in [5.74, 6) is 0.461. The Morgan fingerprint density at radius 3 is 2.56 bits per heavy atom. The zero-order chi connectivity index (χ0) is 23.8. The molecule has 0 radical (unpaired) electrons. The predicted molar refractivity (Wildman–Crippen MR) is 119 cm³/mol. The van der Waals surface area contributed by atoms with Crippen LogP contribution in [0.25, 0.3) is 5.76 Å². The average Bonchev–Trinajstić information content (AvgIpc) is 3.60. The quantitative estimate of drug-likeness (QED) is 0.335. The van der Waals surface area contributed by atoms with Gasteiger partial charge in [-0.25, -0.2) is 0 Å². The first kappa shape index (κ1) is 21.4. The van der Waals surface area contributed by atoms with Crippen LogP contribution in [0, 0.1) is 0 Å². The number of aliphatic hydroxyl groups is 1. The van der Waals surface area contributed by atoms with Crippen molar-refractivity contribution < 1.29 is 38.1 Å². The second-order valence-electron chi connectivity index (χ2n) is 7.70. The lowest BCUT2D eigenvalue weighted by molar-refractivity contribution is -0.140. The predicted octanol–water partition coefficient (Wildman–Crippen LogP) is 3.65. The fraction of sp³-hybridized carbons (Fsp3) is 0.200. The number of amides is 1. The number of carbonyl (C=O) groups is 2. The molecule has 0 saturated carbocycles. The number of carbonyl (C=O) groups excluding carboxylic acids is 2. The molecular formula is C25H21NO8. The van der Waals surface area contributed by atoms with Gasteiger partial charge < -0.3 is 33.4 Å². The first-order valence-corrected chi connectivity index (χ1v) is 10.4. The van der Waals surface area contributed by atoms with Crippen LogP contribution < -0.4 is 18.9 Å². The maximum Gasteiger partial charge on any atom is 0.296 e. The van der Waals surface area contributed by atoms with Crippen molar-refractivity contribution >= 4 is 17.4 Å². The molecule has 2 aliphatic rings. The highest BCUT2D eigenvalue weighted by molar-refractivity contribution is 6.46. The number of fused-ring (bicyclic) bond motifs is 1. The molecule has 0 spiro atoms. The largest absolute Gasteiger partial charge is 0.507 e. The average molecular weight is 463 g/mol. The zero-order valence-corrected chi connectivity index (χ0v) is 18.4. The molecule has 1 amide bonds. The standard InChI is InChI=1S/C25H21NO8/c1-30-16-8-6-15(11-19(16)31-2)23(27)21-22(18-4-3-9-32-18)26(25(29)24(21)28)12-14-5-7-17-20(10-14)34-13-33-17/h3-11,22,27H,12-13H2,1-2H3/b23-21-. The van der Waals surface area contributed by atoms with Gasteiger partial charge in [0.05, 0.1) is 26.1 Å². The smallest absolute Gasteiger partial charge is 0.296 e. The number of aliphatic hydroxyl groups excluding tert-OH is 1. The van der Waals surface area contributed by atoms with Crippen molar-refractivity contribution in [3.05, 3.63) is 77.3 Å². The van der Waals surface area contributed by atoms with Gasteiger partial charge in [-0.2, -0.15) is 0 Å². The lowest BCUT2D eigenvalue weighted by Gasteiger charge is -2.23. The van der Waals surface area contributed by atoms with Gasteiger partial charge in [-0.05, 0) is 48.0 Å². The van der Waals surface area contributed by atoms with Crippen molar-refractivity contribution in [1.29, 1.82) is 0 Å². The number of methoxy groups -OCH3 is 2. The lowest BCUT2D eigenvalue weighted by atomic mass is 9.99. The van der Waals surface area contributed by atoms with E-state index in [1.165, 1.54) is 25.4 Å². The molecule has 34 heavy (non-hydrogen) atoms. The van der Waals surface area contributed by atoms with Crippen molar-refractivity contribution in [3.63, 3.8) is 0 Å². The van der Waals surface area contributed by atoms with Gasteiger partial charge in [-0.1, -0.05) is 6.07 Å². The van der Waals surface area contributed by atoms with Crippen LogP contribution in [-0.2, 0) is 16.1 Å². The van der Waals surface area contributed by atoms with Crippen molar-refractivity contribution in [1.82, 2.24) is 4.90 Å². The molecule has 1 N–H and O–H groups in total. The van der Waals surface area contributed by atoms with Crippen LogP contribution in [-0.4, -0.2) is 42.7 Å². The second-order valence-corrected chi connectivity index (χ2v) is 7.70. The number of ether oxygens (including phenoxy) is 4. The highest BCUT2D eigenvalue weighted by Crippen LogP contribution is 2.42. The Labute approximate surface area is 194 Å². The summed E-state index contributed by atoms with van der Waals surface area (Å²) < 4.78 is 26.9. The van der Waals surface area contributed by atoms with Gasteiger partial charge in [0, 0.05) is 12.1 Å². The summed E-state index contributed by atoms with van der Waals surface area (Å²) in [5, 5.41) is 11.2. The van der Waals surface area contributed by atoms with Gasteiger partial charge in [-0.15, -0.1) is 0 Å². The van der Waals surface area contributed by atoms with E-state index in [0.717, 1.165) is 5.56 Å². The number of ketones is 1. The minimum atomic E-state index is -0.923. The third-order valence-corrected chi connectivity index (χ3v) is 5.80. The van der Waals surface area contributed by atoms with Crippen LogP contribution in [0.3, 0.4) is 0 Å². The lowest BCUT2D eigenvalue weighted by Crippen LogP contribution is -2.29. The van der Waals surface area contributed by atoms with E-state index >= 15 is 0 Å². The third-order valence-electron chi connectivity index (χ3n) is 5.80. The van der Waals surface area contributed by atoms with Gasteiger partial charge in [0.25, 0.3) is 11.7 Å². The molecule has 0 bridgehead atoms. The molecular weight excluding hydrogens is 442 g/mol. The van der Waals surface area contributed by atoms with Crippen LogP contribution in [0.4, 0.5) is 0 Å². The van der Waals surface area contributed by atoms with Crippen LogP contribution in [0.2, 0.25) is 0 Å². The molecule has 3 aromatic rings. The Balaban J connectivity index is 1.58. The normalized spacial score (nSPS) is 18.4. The summed E-state index contributed by atoms with van der Waals surface area (Å²) in [5.41, 5.74) is 0.956. The Morgan fingerprint density at radius 2 is 1.82 bits per heavy atom. The number of likely N-dealkylation sites (tertiary alicyclic amines) is 1. The number of hydrogen-bond acceptors (Lipinski definition) is 8. The van der Waals surface area contributed by atoms with E-state index in [1.807, 2.05) is 0 Å². The molecule has 174 valence electrons. The molecule has 0 aliphatic carbocycles. The summed E-state index contributed by atoms with van der Waals surface area (Å²) in [7, 11) is 2.96. The summed E-state index contributed by atoms with van der Waals surface area (Å²) in [6.07, 6.45) is 1.45. The zero-order valence-electron chi connectivity index (χ0n) is 18.4. The fourth-order valence-corrected chi connectivity index (χ4v) is 4.16. The molecule has 1 atom stereocenters. The SMILES string of the molecule is COc1ccc(/C(O)=C2/C(=O)C(=O)N(Cc3ccc4c(c3)OCO4)C2c2ccco2)cc1OC. The van der Waals surface area contributed by atoms with Crippen molar-refractivity contribution in [3.8, 4) is 23.0 Å². The molecule has 9 heteroatoms. The minimum absolute atomic E-state index is 0.0760. The van der Waals surface area contributed by atoms with E-state index in [-0.39, 0.29) is 24.7 Å². The molecule has 1 saturated heterocycles. The van der Waals surface area contributed by atoms with E-state index < -0.39 is 17.7 Å². The van der Waals surface area contributed by atoms with E-state index in [0.29, 0.717) is 34.3 Å². The Kier molecular flexibility index (Phi) is 5.37. The molecule has 1 unspecified atom stereocenters. The van der Waals surface area contributed by atoms with Gasteiger partial charge >= 0.3 is 0 Å². The third kappa shape index (κ3) is 3.51. The van der Waals surface area contributed by atoms with Crippen LogP contribution in [0.15, 0.2) is 64.8 Å². The van der Waals surface area contributed by atoms with E-state index in [4.69, 9.17) is 23.4 Å². The van der Waals surface area contributed by atoms with Gasteiger partial charge in [0.2, 0.25) is 6.79 Å². The Bertz CT molecular complexity index is 1290. The summed E-state index contributed by atoms with van der Waals surface area (Å²) in [4.78, 5) is 27.6. The number of hydrogen-bond donors (Lipinski definition) is 1. The maximum atomic E-state index is 13.1. The van der Waals surface area contributed by atoms with Crippen LogP contribution >= 0.6 is 0 Å². The van der Waals surface area contributed by atoms with Crippen molar-refractivity contribution in [2.75, 3.05) is 21.0 Å². The van der Waals surface area contributed by atoms with Crippen molar-refractivity contribution in [2.45, 2.75) is 12.6 Å². The molecule has 2 aliphatic heterocycles. The topological polar surface area (TPSA) is 108 Å². The number of furan rings is 1. The highest BCUT2D eigenvalue weighted by Gasteiger charge is 2.47. The highest BCUT2D eigenvalue weighted by atomic mass is 16.7. The van der Waals surface area contributed by atoms with Crippen LogP contribution in [0.1, 0.15) is 22.9 Å². The monoisotopic (exact) mass is 463 g/mol. The first-order valence-electron chi connectivity index (χ1n) is 10.4. The number of benzene rings is 2. The molecule has 1 fully saturated rings. The Morgan fingerprint density at radius 1 is 1.03 bits per heavy atom.